The number of hydrogen-bond acceptors (Lipinski definition) is 3. The van der Waals surface area contributed by atoms with Crippen LogP contribution in [0, 0.1) is 0 Å². The van der Waals surface area contributed by atoms with E-state index < -0.39 is 0 Å². The number of pyridine rings is 1. The molecule has 5 nitrogen and oxygen atoms in total. The van der Waals surface area contributed by atoms with Crippen LogP contribution < -0.4 is 0 Å². The Morgan fingerprint density at radius 1 is 1.12 bits per heavy atom. The summed E-state index contributed by atoms with van der Waals surface area (Å²) < 4.78 is 0. The number of aryl methyl sites for hydroxylation is 1. The predicted molar refractivity (Wildman–Crippen MR) is 101 cm³/mol. The second kappa shape index (κ2) is 11.4. The average molecular weight is 345 g/mol. The Kier molecular flexibility index (Phi) is 9.51. The minimum Gasteiger partial charge on any atom is -0.333 e. The standard InChI is InChI=1S/C10H16N2O2.C8H11N.C2H4/c1-2-11-6-7-12(8-4-3-5-8)10(14)9(11)13;1-2-5-8-6-3-4-7-9-8;1-2/h8H,2-7H2,1H3;3-4,6-7H,2,5H2,1H3;1-2H2. The highest BCUT2D eigenvalue weighted by atomic mass is 16.2. The Hall–Kier alpha value is -2.17. The van der Waals surface area contributed by atoms with Crippen molar-refractivity contribution in [2.75, 3.05) is 19.6 Å². The molecule has 2 amide bonds. The minimum atomic E-state index is -0.314. The number of aromatic nitrogens is 1. The van der Waals surface area contributed by atoms with Gasteiger partial charge in [-0.15, -0.1) is 13.2 Å². The fourth-order valence-corrected chi connectivity index (χ4v) is 2.84. The van der Waals surface area contributed by atoms with E-state index in [1.54, 1.807) is 9.80 Å². The number of carbonyl (C=O) groups is 2. The van der Waals surface area contributed by atoms with E-state index >= 15 is 0 Å². The van der Waals surface area contributed by atoms with Crippen molar-refractivity contribution in [3.05, 3.63) is 43.2 Å². The number of rotatable bonds is 4. The summed E-state index contributed by atoms with van der Waals surface area (Å²) >= 11 is 0. The van der Waals surface area contributed by atoms with Crippen LogP contribution in [0.1, 0.15) is 45.2 Å². The molecule has 1 aromatic heterocycles. The van der Waals surface area contributed by atoms with Crippen molar-refractivity contribution in [2.45, 2.75) is 52.0 Å². The van der Waals surface area contributed by atoms with Crippen molar-refractivity contribution < 1.29 is 9.59 Å². The van der Waals surface area contributed by atoms with E-state index in [4.69, 9.17) is 0 Å². The lowest BCUT2D eigenvalue weighted by Crippen LogP contribution is -2.58. The van der Waals surface area contributed by atoms with Gasteiger partial charge in [0, 0.05) is 37.6 Å². The van der Waals surface area contributed by atoms with Crippen LogP contribution in [0.25, 0.3) is 0 Å². The molecule has 2 aliphatic rings. The van der Waals surface area contributed by atoms with Gasteiger partial charge >= 0.3 is 11.8 Å². The maximum Gasteiger partial charge on any atom is 0.312 e. The molecule has 0 unspecified atom stereocenters. The summed E-state index contributed by atoms with van der Waals surface area (Å²) in [7, 11) is 0. The van der Waals surface area contributed by atoms with E-state index in [0.717, 1.165) is 25.8 Å². The zero-order chi connectivity index (χ0) is 18.7. The summed E-state index contributed by atoms with van der Waals surface area (Å²) in [5.74, 6) is -0.603. The number of hydrogen-bond donors (Lipinski definition) is 0. The highest BCUT2D eigenvalue weighted by Gasteiger charge is 2.37. The predicted octanol–water partition coefficient (Wildman–Crippen LogP) is 3.07. The van der Waals surface area contributed by atoms with Crippen LogP contribution in [0.2, 0.25) is 0 Å². The fraction of sp³-hybridized carbons (Fsp3) is 0.550. The lowest BCUT2D eigenvalue weighted by Gasteiger charge is -2.41. The molecule has 1 aliphatic heterocycles. The minimum absolute atomic E-state index is 0.289. The van der Waals surface area contributed by atoms with E-state index in [2.05, 4.69) is 31.1 Å². The molecule has 2 fully saturated rings. The van der Waals surface area contributed by atoms with Gasteiger partial charge in [-0.05, 0) is 44.7 Å². The lowest BCUT2D eigenvalue weighted by atomic mass is 9.91. The molecule has 138 valence electrons. The molecule has 0 radical (unpaired) electrons. The third-order valence-corrected chi connectivity index (χ3v) is 4.47. The Labute approximate surface area is 151 Å². The second-order valence-corrected chi connectivity index (χ2v) is 6.04. The summed E-state index contributed by atoms with van der Waals surface area (Å²) in [6.45, 7) is 12.1. The van der Waals surface area contributed by atoms with E-state index in [0.29, 0.717) is 19.1 Å². The van der Waals surface area contributed by atoms with Crippen molar-refractivity contribution in [3.8, 4) is 0 Å². The molecule has 1 saturated heterocycles. The van der Waals surface area contributed by atoms with Gasteiger partial charge in [-0.25, -0.2) is 0 Å². The molecule has 1 aromatic rings. The van der Waals surface area contributed by atoms with Crippen LogP contribution in [0.4, 0.5) is 0 Å². The molecular weight excluding hydrogens is 314 g/mol. The number of piperazine rings is 1. The van der Waals surface area contributed by atoms with Gasteiger partial charge in [-0.1, -0.05) is 19.4 Å². The topological polar surface area (TPSA) is 53.5 Å². The van der Waals surface area contributed by atoms with Crippen LogP contribution in [-0.4, -0.2) is 52.3 Å². The van der Waals surface area contributed by atoms with Gasteiger partial charge in [-0.2, -0.15) is 0 Å². The highest BCUT2D eigenvalue weighted by molar-refractivity contribution is 6.35. The monoisotopic (exact) mass is 345 g/mol. The van der Waals surface area contributed by atoms with Crippen LogP contribution >= 0.6 is 0 Å². The first-order valence-corrected chi connectivity index (χ1v) is 9.17. The molecule has 0 atom stereocenters. The number of likely N-dealkylation sites (N-methyl/N-ethyl adjacent to an activating group) is 1. The van der Waals surface area contributed by atoms with E-state index in [1.807, 2.05) is 25.3 Å². The van der Waals surface area contributed by atoms with Crippen molar-refractivity contribution in [2.24, 2.45) is 0 Å². The Bertz CT molecular complexity index is 529. The normalized spacial score (nSPS) is 17.0. The molecule has 1 saturated carbocycles. The van der Waals surface area contributed by atoms with E-state index in [9.17, 15) is 9.59 Å². The maximum absolute atomic E-state index is 11.7. The Morgan fingerprint density at radius 3 is 2.32 bits per heavy atom. The van der Waals surface area contributed by atoms with Crippen LogP contribution in [-0.2, 0) is 16.0 Å². The molecule has 0 N–H and O–H groups in total. The summed E-state index contributed by atoms with van der Waals surface area (Å²) in [4.78, 5) is 30.8. The highest BCUT2D eigenvalue weighted by Crippen LogP contribution is 2.26. The number of carbonyl (C=O) groups excluding carboxylic acids is 2. The van der Waals surface area contributed by atoms with Gasteiger partial charge in [-0.3, -0.25) is 14.6 Å². The fourth-order valence-electron chi connectivity index (χ4n) is 2.84. The van der Waals surface area contributed by atoms with Gasteiger partial charge in [0.15, 0.2) is 0 Å². The summed E-state index contributed by atoms with van der Waals surface area (Å²) in [5, 5.41) is 0. The molecule has 2 heterocycles. The summed E-state index contributed by atoms with van der Waals surface area (Å²) in [6, 6.07) is 6.38. The molecule has 0 bridgehead atoms. The molecule has 3 rings (SSSR count). The third kappa shape index (κ3) is 6.00. The molecular formula is C20H31N3O2. The second-order valence-electron chi connectivity index (χ2n) is 6.04. The van der Waals surface area contributed by atoms with E-state index in [-0.39, 0.29) is 11.8 Å². The van der Waals surface area contributed by atoms with Crippen LogP contribution in [0.5, 0.6) is 0 Å². The molecule has 1 aliphatic carbocycles. The van der Waals surface area contributed by atoms with Gasteiger partial charge in [0.05, 0.1) is 0 Å². The maximum atomic E-state index is 11.7. The number of nitrogens with zero attached hydrogens (tertiary/aromatic N) is 3. The van der Waals surface area contributed by atoms with E-state index in [1.165, 1.54) is 18.5 Å². The average Bonchev–Trinajstić information content (AvgIpc) is 2.61. The van der Waals surface area contributed by atoms with Crippen molar-refractivity contribution in [1.82, 2.24) is 14.8 Å². The van der Waals surface area contributed by atoms with Gasteiger partial charge < -0.3 is 9.80 Å². The molecule has 5 heteroatoms. The zero-order valence-corrected chi connectivity index (χ0v) is 15.6. The quantitative estimate of drug-likeness (QED) is 0.622. The first-order chi connectivity index (χ1) is 12.2. The largest absolute Gasteiger partial charge is 0.333 e. The van der Waals surface area contributed by atoms with Crippen LogP contribution in [0.15, 0.2) is 37.6 Å². The summed E-state index contributed by atoms with van der Waals surface area (Å²) in [6.07, 6.45) is 7.46. The van der Waals surface area contributed by atoms with Crippen molar-refractivity contribution >= 4 is 11.8 Å². The van der Waals surface area contributed by atoms with Crippen LogP contribution in [0.3, 0.4) is 0 Å². The molecule has 25 heavy (non-hydrogen) atoms. The van der Waals surface area contributed by atoms with Gasteiger partial charge in [0.2, 0.25) is 0 Å². The SMILES string of the molecule is C=C.CCCc1ccccn1.CCN1CCN(C2CCC2)C(=O)C1=O. The van der Waals surface area contributed by atoms with Crippen molar-refractivity contribution in [1.29, 1.82) is 0 Å². The van der Waals surface area contributed by atoms with Gasteiger partial charge in [0.25, 0.3) is 0 Å². The number of amides is 2. The molecule has 0 spiro atoms. The first-order valence-electron chi connectivity index (χ1n) is 9.17. The first kappa shape index (κ1) is 20.9. The lowest BCUT2D eigenvalue weighted by molar-refractivity contribution is -0.158. The smallest absolute Gasteiger partial charge is 0.312 e. The summed E-state index contributed by atoms with van der Waals surface area (Å²) in [5.41, 5.74) is 1.19. The zero-order valence-electron chi connectivity index (χ0n) is 15.6. The molecule has 0 aromatic carbocycles. The Morgan fingerprint density at radius 2 is 1.84 bits per heavy atom. The third-order valence-electron chi connectivity index (χ3n) is 4.47. The van der Waals surface area contributed by atoms with Crippen molar-refractivity contribution in [3.63, 3.8) is 0 Å². The van der Waals surface area contributed by atoms with Gasteiger partial charge in [0.1, 0.15) is 0 Å². The Balaban J connectivity index is 0.000000246.